The van der Waals surface area contributed by atoms with Gasteiger partial charge >= 0.3 is 0 Å². The van der Waals surface area contributed by atoms with Crippen LogP contribution < -0.4 is 0 Å². The van der Waals surface area contributed by atoms with Crippen molar-refractivity contribution in [3.05, 3.63) is 101 Å². The van der Waals surface area contributed by atoms with Gasteiger partial charge in [0.2, 0.25) is 0 Å². The lowest BCUT2D eigenvalue weighted by Gasteiger charge is -2.11. The van der Waals surface area contributed by atoms with Crippen LogP contribution in [0.15, 0.2) is 78.9 Å². The summed E-state index contributed by atoms with van der Waals surface area (Å²) in [5.74, 6) is 0.734. The second kappa shape index (κ2) is 8.78. The SMILES string of the molecule is CCCc1ccc(-c2nnc(Cc3ccccc3)nc2-c2ccc(C)cc2)cc1. The Morgan fingerprint density at radius 1 is 0.655 bits per heavy atom. The Morgan fingerprint density at radius 2 is 1.31 bits per heavy atom. The van der Waals surface area contributed by atoms with Crippen molar-refractivity contribution in [3.63, 3.8) is 0 Å². The molecule has 0 amide bonds. The smallest absolute Gasteiger partial charge is 0.156 e. The summed E-state index contributed by atoms with van der Waals surface area (Å²) in [5.41, 5.74) is 7.57. The van der Waals surface area contributed by atoms with Crippen LogP contribution in [-0.2, 0) is 12.8 Å². The minimum absolute atomic E-state index is 0.669. The van der Waals surface area contributed by atoms with E-state index in [9.17, 15) is 0 Å². The van der Waals surface area contributed by atoms with Gasteiger partial charge in [-0.3, -0.25) is 0 Å². The summed E-state index contributed by atoms with van der Waals surface area (Å²) in [7, 11) is 0. The minimum Gasteiger partial charge on any atom is -0.228 e. The average Bonchev–Trinajstić information content (AvgIpc) is 2.76. The third-order valence-electron chi connectivity index (χ3n) is 5.03. The van der Waals surface area contributed by atoms with E-state index in [1.807, 2.05) is 18.2 Å². The lowest BCUT2D eigenvalue weighted by molar-refractivity contribution is 0.873. The Bertz CT molecular complexity index is 1070. The van der Waals surface area contributed by atoms with Crippen LogP contribution in [0.4, 0.5) is 0 Å². The summed E-state index contributed by atoms with van der Waals surface area (Å²) in [6.45, 7) is 4.29. The number of benzene rings is 3. The second-order valence-corrected chi connectivity index (χ2v) is 7.40. The van der Waals surface area contributed by atoms with E-state index >= 15 is 0 Å². The fraction of sp³-hybridized carbons (Fsp3) is 0.192. The van der Waals surface area contributed by atoms with Crippen LogP contribution in [0.3, 0.4) is 0 Å². The first-order valence-corrected chi connectivity index (χ1v) is 10.2. The van der Waals surface area contributed by atoms with Crippen LogP contribution >= 0.6 is 0 Å². The molecule has 0 aliphatic rings. The molecule has 3 nitrogen and oxygen atoms in total. The van der Waals surface area contributed by atoms with Crippen molar-refractivity contribution in [1.82, 2.24) is 15.2 Å². The van der Waals surface area contributed by atoms with Crippen molar-refractivity contribution in [2.24, 2.45) is 0 Å². The van der Waals surface area contributed by atoms with Crippen molar-refractivity contribution in [2.45, 2.75) is 33.1 Å². The monoisotopic (exact) mass is 379 g/mol. The molecule has 144 valence electrons. The van der Waals surface area contributed by atoms with Gasteiger partial charge in [0.15, 0.2) is 5.82 Å². The van der Waals surface area contributed by atoms with Crippen LogP contribution in [0.1, 0.15) is 35.9 Å². The molecule has 1 aromatic heterocycles. The van der Waals surface area contributed by atoms with Gasteiger partial charge in [-0.1, -0.05) is 97.8 Å². The molecule has 4 rings (SSSR count). The number of hydrogen-bond donors (Lipinski definition) is 0. The number of nitrogens with zero attached hydrogens (tertiary/aromatic N) is 3. The lowest BCUT2D eigenvalue weighted by atomic mass is 10.0. The third-order valence-corrected chi connectivity index (χ3v) is 5.03. The standard InChI is InChI=1S/C26H25N3/c1-3-7-20-12-16-23(17-13-20)26-25(22-14-10-19(2)11-15-22)27-24(28-29-26)18-21-8-5-4-6-9-21/h4-6,8-17H,3,7,18H2,1-2H3. The first-order chi connectivity index (χ1) is 14.2. The highest BCUT2D eigenvalue weighted by molar-refractivity contribution is 5.77. The van der Waals surface area contributed by atoms with E-state index < -0.39 is 0 Å². The highest BCUT2D eigenvalue weighted by Crippen LogP contribution is 2.29. The molecule has 0 N–H and O–H groups in total. The largest absolute Gasteiger partial charge is 0.228 e. The first-order valence-electron chi connectivity index (χ1n) is 10.2. The van der Waals surface area contributed by atoms with Gasteiger partial charge in [0.05, 0.1) is 0 Å². The van der Waals surface area contributed by atoms with Gasteiger partial charge in [0.1, 0.15) is 11.4 Å². The topological polar surface area (TPSA) is 38.7 Å². The molecule has 0 atom stereocenters. The summed E-state index contributed by atoms with van der Waals surface area (Å²) >= 11 is 0. The third kappa shape index (κ3) is 4.57. The molecule has 3 aromatic carbocycles. The molecule has 0 unspecified atom stereocenters. The molecule has 3 heteroatoms. The Morgan fingerprint density at radius 3 is 2.00 bits per heavy atom. The Hall–Kier alpha value is -3.33. The second-order valence-electron chi connectivity index (χ2n) is 7.40. The zero-order chi connectivity index (χ0) is 20.1. The number of aryl methyl sites for hydroxylation is 2. The summed E-state index contributed by atoms with van der Waals surface area (Å²) < 4.78 is 0. The van der Waals surface area contributed by atoms with Crippen LogP contribution in [0, 0.1) is 6.92 Å². The van der Waals surface area contributed by atoms with E-state index in [4.69, 9.17) is 4.98 Å². The first kappa shape index (κ1) is 19.0. The minimum atomic E-state index is 0.669. The summed E-state index contributed by atoms with van der Waals surface area (Å²) in [6, 6.07) is 27.3. The number of hydrogen-bond acceptors (Lipinski definition) is 3. The molecule has 0 saturated heterocycles. The predicted octanol–water partition coefficient (Wildman–Crippen LogP) is 6.06. The quantitative estimate of drug-likeness (QED) is 0.409. The van der Waals surface area contributed by atoms with Gasteiger partial charge in [0, 0.05) is 17.5 Å². The maximum Gasteiger partial charge on any atom is 0.156 e. The van der Waals surface area contributed by atoms with Gasteiger partial charge in [-0.15, -0.1) is 10.2 Å². The molecule has 0 radical (unpaired) electrons. The van der Waals surface area contributed by atoms with Crippen molar-refractivity contribution in [3.8, 4) is 22.5 Å². The maximum atomic E-state index is 4.93. The van der Waals surface area contributed by atoms with E-state index in [0.717, 1.165) is 41.2 Å². The van der Waals surface area contributed by atoms with Gasteiger partial charge < -0.3 is 0 Å². The van der Waals surface area contributed by atoms with E-state index in [1.54, 1.807) is 0 Å². The number of aromatic nitrogens is 3. The molecule has 4 aromatic rings. The Kier molecular flexibility index (Phi) is 5.76. The van der Waals surface area contributed by atoms with Crippen molar-refractivity contribution in [1.29, 1.82) is 0 Å². The molecule has 0 aliphatic heterocycles. The van der Waals surface area contributed by atoms with E-state index in [-0.39, 0.29) is 0 Å². The fourth-order valence-corrected chi connectivity index (χ4v) is 3.44. The molecule has 1 heterocycles. The Balaban J connectivity index is 1.76. The molecule has 0 aliphatic carbocycles. The lowest BCUT2D eigenvalue weighted by Crippen LogP contribution is -2.04. The van der Waals surface area contributed by atoms with E-state index in [2.05, 4.69) is 84.7 Å². The van der Waals surface area contributed by atoms with Crippen LogP contribution in [0.2, 0.25) is 0 Å². The van der Waals surface area contributed by atoms with Crippen molar-refractivity contribution < 1.29 is 0 Å². The fourth-order valence-electron chi connectivity index (χ4n) is 3.44. The van der Waals surface area contributed by atoms with Gasteiger partial charge in [-0.05, 0) is 24.5 Å². The zero-order valence-corrected chi connectivity index (χ0v) is 17.0. The zero-order valence-electron chi connectivity index (χ0n) is 17.0. The summed E-state index contributed by atoms with van der Waals surface area (Å²) in [4.78, 5) is 4.93. The van der Waals surface area contributed by atoms with Gasteiger partial charge in [-0.25, -0.2) is 4.98 Å². The summed E-state index contributed by atoms with van der Waals surface area (Å²) in [6.07, 6.45) is 2.90. The summed E-state index contributed by atoms with van der Waals surface area (Å²) in [5, 5.41) is 9.06. The molecule has 0 fully saturated rings. The van der Waals surface area contributed by atoms with E-state index in [0.29, 0.717) is 6.42 Å². The van der Waals surface area contributed by atoms with E-state index in [1.165, 1.54) is 16.7 Å². The molecular formula is C26H25N3. The predicted molar refractivity (Wildman–Crippen MR) is 119 cm³/mol. The van der Waals surface area contributed by atoms with Crippen LogP contribution in [0.5, 0.6) is 0 Å². The van der Waals surface area contributed by atoms with Gasteiger partial charge in [-0.2, -0.15) is 0 Å². The van der Waals surface area contributed by atoms with Gasteiger partial charge in [0.25, 0.3) is 0 Å². The van der Waals surface area contributed by atoms with Crippen LogP contribution in [0.25, 0.3) is 22.5 Å². The van der Waals surface area contributed by atoms with Crippen molar-refractivity contribution in [2.75, 3.05) is 0 Å². The molecule has 29 heavy (non-hydrogen) atoms. The highest BCUT2D eigenvalue weighted by atomic mass is 15.2. The van der Waals surface area contributed by atoms with Crippen LogP contribution in [-0.4, -0.2) is 15.2 Å². The Labute approximate surface area is 172 Å². The molecule has 0 spiro atoms. The average molecular weight is 380 g/mol. The molecule has 0 saturated carbocycles. The molecular weight excluding hydrogens is 354 g/mol. The maximum absolute atomic E-state index is 4.93. The van der Waals surface area contributed by atoms with Crippen molar-refractivity contribution >= 4 is 0 Å². The normalized spacial score (nSPS) is 10.8. The highest BCUT2D eigenvalue weighted by Gasteiger charge is 2.14. The number of rotatable bonds is 6. The molecule has 0 bridgehead atoms.